The van der Waals surface area contributed by atoms with Crippen LogP contribution in [0.5, 0.6) is 5.75 Å². The quantitative estimate of drug-likeness (QED) is 0.377. The van der Waals surface area contributed by atoms with Gasteiger partial charge in [0.15, 0.2) is 0 Å². The van der Waals surface area contributed by atoms with Crippen molar-refractivity contribution in [2.75, 3.05) is 11.6 Å². The maximum absolute atomic E-state index is 12.5. The number of carbonyl (C=O) groups excluding carboxylic acids is 2. The molecule has 0 saturated carbocycles. The highest BCUT2D eigenvalue weighted by molar-refractivity contribution is 7.71. The smallest absolute Gasteiger partial charge is 0.312 e. The zero-order valence-corrected chi connectivity index (χ0v) is 16.3. The summed E-state index contributed by atoms with van der Waals surface area (Å²) in [5.74, 6) is -0.320. The minimum absolute atomic E-state index is 0.0422. The minimum Gasteiger partial charge on any atom is -0.427 e. The van der Waals surface area contributed by atoms with Crippen LogP contribution in [0.4, 0.5) is 5.69 Å². The van der Waals surface area contributed by atoms with E-state index in [1.54, 1.807) is 36.2 Å². The van der Waals surface area contributed by atoms with Gasteiger partial charge < -0.3 is 4.74 Å². The predicted octanol–water partition coefficient (Wildman–Crippen LogP) is 2.18. The lowest BCUT2D eigenvalue weighted by Gasteiger charge is -2.20. The van der Waals surface area contributed by atoms with E-state index in [0.29, 0.717) is 18.0 Å². The molecule has 1 atom stereocenters. The van der Waals surface area contributed by atoms with Gasteiger partial charge in [0.25, 0.3) is 0 Å². The molecule has 10 heteroatoms. The van der Waals surface area contributed by atoms with Gasteiger partial charge in [-0.25, -0.2) is 4.68 Å². The first-order valence-corrected chi connectivity index (χ1v) is 9.30. The summed E-state index contributed by atoms with van der Waals surface area (Å²) in [6.45, 7) is 2.12. The van der Waals surface area contributed by atoms with Crippen LogP contribution in [0, 0.1) is 10.2 Å². The fourth-order valence-electron chi connectivity index (χ4n) is 3.13. The van der Waals surface area contributed by atoms with Crippen LogP contribution in [-0.2, 0) is 9.59 Å². The molecule has 1 aliphatic rings. The van der Waals surface area contributed by atoms with Crippen LogP contribution in [0.25, 0.3) is 5.69 Å². The monoisotopic (exact) mass is 410 g/mol. The van der Waals surface area contributed by atoms with Crippen molar-refractivity contribution in [3.05, 3.63) is 59.4 Å². The number of benzene rings is 2. The molecule has 1 saturated heterocycles. The molecule has 2 N–H and O–H groups in total. The van der Waals surface area contributed by atoms with Crippen molar-refractivity contribution in [1.29, 1.82) is 0 Å². The summed E-state index contributed by atoms with van der Waals surface area (Å²) in [6, 6.07) is 16.2. The van der Waals surface area contributed by atoms with Crippen molar-refractivity contribution in [2.24, 2.45) is 5.41 Å². The van der Waals surface area contributed by atoms with Gasteiger partial charge in [-0.1, -0.05) is 28.5 Å². The SMILES string of the molecule is CC1(CC(=O)Oc2ccc(-n3[nH]nnc3=S)cc2)CN(c2ccccc2)NC1=O. The van der Waals surface area contributed by atoms with Crippen LogP contribution < -0.4 is 15.2 Å². The van der Waals surface area contributed by atoms with E-state index in [4.69, 9.17) is 17.0 Å². The van der Waals surface area contributed by atoms with Crippen molar-refractivity contribution < 1.29 is 14.3 Å². The fourth-order valence-corrected chi connectivity index (χ4v) is 3.32. The van der Waals surface area contributed by atoms with E-state index in [2.05, 4.69) is 21.0 Å². The van der Waals surface area contributed by atoms with Crippen molar-refractivity contribution in [2.45, 2.75) is 13.3 Å². The largest absolute Gasteiger partial charge is 0.427 e. The average molecular weight is 410 g/mol. The molecule has 2 aromatic carbocycles. The first kappa shape index (κ1) is 18.8. The van der Waals surface area contributed by atoms with Gasteiger partial charge in [0.2, 0.25) is 10.7 Å². The van der Waals surface area contributed by atoms with Gasteiger partial charge >= 0.3 is 5.97 Å². The summed E-state index contributed by atoms with van der Waals surface area (Å²) in [5, 5.41) is 11.7. The van der Waals surface area contributed by atoms with E-state index >= 15 is 0 Å². The van der Waals surface area contributed by atoms with Crippen LogP contribution in [0.1, 0.15) is 13.3 Å². The Bertz CT molecular complexity index is 1090. The van der Waals surface area contributed by atoms with Crippen LogP contribution in [0.3, 0.4) is 0 Å². The molecule has 1 amide bonds. The number of nitrogens with one attached hydrogen (secondary N) is 2. The number of H-pyrrole nitrogens is 1. The average Bonchev–Trinajstić information content (AvgIpc) is 3.26. The van der Waals surface area contributed by atoms with E-state index in [0.717, 1.165) is 5.69 Å². The maximum Gasteiger partial charge on any atom is 0.312 e. The lowest BCUT2D eigenvalue weighted by Crippen LogP contribution is -2.34. The summed E-state index contributed by atoms with van der Waals surface area (Å²) >= 11 is 5.05. The molecule has 1 fully saturated rings. The van der Waals surface area contributed by atoms with E-state index in [1.165, 1.54) is 4.68 Å². The molecule has 1 unspecified atom stereocenters. The van der Waals surface area contributed by atoms with Crippen LogP contribution >= 0.6 is 12.2 Å². The van der Waals surface area contributed by atoms with Crippen molar-refractivity contribution in [1.82, 2.24) is 25.6 Å². The van der Waals surface area contributed by atoms with Gasteiger partial charge in [0.05, 0.1) is 29.8 Å². The second-order valence-electron chi connectivity index (χ2n) is 6.99. The third-order valence-corrected chi connectivity index (χ3v) is 4.96. The first-order chi connectivity index (χ1) is 13.9. The summed E-state index contributed by atoms with van der Waals surface area (Å²) in [7, 11) is 0. The molecule has 9 nitrogen and oxygen atoms in total. The molecule has 0 spiro atoms. The molecule has 1 aliphatic heterocycles. The first-order valence-electron chi connectivity index (χ1n) is 8.89. The molecular formula is C19H18N6O3S. The van der Waals surface area contributed by atoms with Gasteiger partial charge in [-0.3, -0.25) is 20.0 Å². The molecule has 0 radical (unpaired) electrons. The fraction of sp³-hybridized carbons (Fsp3) is 0.211. The molecule has 4 rings (SSSR count). The standard InChI is InChI=1S/C19H18N6O3S/c1-19(12-24(21-17(19)27)13-5-3-2-4-6-13)11-16(26)28-15-9-7-14(8-10-15)25-18(29)20-22-23-25/h2-10H,11-12H2,1H3,(H,21,27)(H,20,23,29). The number of esters is 1. The normalized spacial score (nSPS) is 18.5. The number of aromatic nitrogens is 4. The molecule has 0 bridgehead atoms. The molecule has 2 heterocycles. The van der Waals surface area contributed by atoms with Gasteiger partial charge in [0.1, 0.15) is 5.75 Å². The van der Waals surface area contributed by atoms with Crippen molar-refractivity contribution >= 4 is 29.8 Å². The number of tetrazole rings is 1. The summed E-state index contributed by atoms with van der Waals surface area (Å²) < 4.78 is 7.23. The number of rotatable bonds is 5. The second kappa shape index (κ2) is 7.47. The number of anilines is 1. The number of carbonyl (C=O) groups is 2. The predicted molar refractivity (Wildman–Crippen MR) is 107 cm³/mol. The van der Waals surface area contributed by atoms with E-state index in [9.17, 15) is 9.59 Å². The number of aromatic amines is 1. The zero-order valence-electron chi connectivity index (χ0n) is 15.5. The number of nitrogens with zero attached hydrogens (tertiary/aromatic N) is 4. The Morgan fingerprint density at radius 2 is 1.90 bits per heavy atom. The minimum atomic E-state index is -0.887. The summed E-state index contributed by atoms with van der Waals surface area (Å²) in [6.07, 6.45) is -0.0422. The van der Waals surface area contributed by atoms with Crippen LogP contribution in [0.2, 0.25) is 0 Å². The lowest BCUT2D eigenvalue weighted by atomic mass is 9.87. The Morgan fingerprint density at radius 1 is 1.17 bits per heavy atom. The number of hydrogen-bond donors (Lipinski definition) is 2. The Morgan fingerprint density at radius 3 is 2.55 bits per heavy atom. The zero-order chi connectivity index (χ0) is 20.4. The number of amides is 1. The molecule has 148 valence electrons. The van der Waals surface area contributed by atoms with Gasteiger partial charge in [-0.05, 0) is 55.5 Å². The lowest BCUT2D eigenvalue weighted by molar-refractivity contribution is -0.140. The van der Waals surface area contributed by atoms with Crippen molar-refractivity contribution in [3.63, 3.8) is 0 Å². The topological polar surface area (TPSA) is 105 Å². The maximum atomic E-state index is 12.5. The molecule has 29 heavy (non-hydrogen) atoms. The molecule has 3 aromatic rings. The second-order valence-corrected chi connectivity index (χ2v) is 7.35. The molecular weight excluding hydrogens is 392 g/mol. The van der Waals surface area contributed by atoms with Crippen LogP contribution in [-0.4, -0.2) is 38.6 Å². The Kier molecular flexibility index (Phi) is 4.85. The van der Waals surface area contributed by atoms with Gasteiger partial charge in [-0.2, -0.15) is 5.21 Å². The Hall–Kier alpha value is -3.53. The Labute approximate surface area is 171 Å². The number of hydrazine groups is 1. The van der Waals surface area contributed by atoms with E-state index in [-0.39, 0.29) is 17.1 Å². The highest BCUT2D eigenvalue weighted by Crippen LogP contribution is 2.31. The van der Waals surface area contributed by atoms with Gasteiger partial charge in [0, 0.05) is 0 Å². The highest BCUT2D eigenvalue weighted by atomic mass is 32.1. The van der Waals surface area contributed by atoms with Crippen molar-refractivity contribution in [3.8, 4) is 11.4 Å². The molecule has 0 aliphatic carbocycles. The van der Waals surface area contributed by atoms with Gasteiger partial charge in [-0.15, -0.1) is 0 Å². The number of hydrogen-bond acceptors (Lipinski definition) is 7. The van der Waals surface area contributed by atoms with Crippen LogP contribution in [0.15, 0.2) is 54.6 Å². The number of para-hydroxylation sites is 1. The molecule has 1 aromatic heterocycles. The summed E-state index contributed by atoms with van der Waals surface area (Å²) in [4.78, 5) is 24.9. The van der Waals surface area contributed by atoms with E-state index < -0.39 is 11.4 Å². The summed E-state index contributed by atoms with van der Waals surface area (Å²) in [5.41, 5.74) is 3.50. The van der Waals surface area contributed by atoms with E-state index in [1.807, 2.05) is 30.3 Å². The highest BCUT2D eigenvalue weighted by Gasteiger charge is 2.44. The third-order valence-electron chi connectivity index (χ3n) is 4.69. The number of ether oxygens (including phenoxy) is 1. The Balaban J connectivity index is 1.41. The third kappa shape index (κ3) is 3.87.